The first-order valence-electron chi connectivity index (χ1n) is 6.70. The van der Waals surface area contributed by atoms with Crippen LogP contribution in [0, 0.1) is 0 Å². The third-order valence-electron chi connectivity index (χ3n) is 2.63. The molecule has 1 amide bonds. The van der Waals surface area contributed by atoms with E-state index >= 15 is 0 Å². The Hall–Kier alpha value is -1.25. The minimum absolute atomic E-state index is 0.0132. The van der Waals surface area contributed by atoms with E-state index in [1.807, 2.05) is 24.3 Å². The quantitative estimate of drug-likeness (QED) is 0.734. The van der Waals surface area contributed by atoms with Crippen molar-refractivity contribution >= 4 is 40.8 Å². The molecule has 0 saturated carbocycles. The van der Waals surface area contributed by atoms with Crippen molar-refractivity contribution < 1.29 is 9.53 Å². The second kappa shape index (κ2) is 9.02. The van der Waals surface area contributed by atoms with Crippen LogP contribution >= 0.6 is 34.9 Å². The highest BCUT2D eigenvalue weighted by atomic mass is 32.2. The number of methoxy groups -OCH3 is 1. The van der Waals surface area contributed by atoms with Crippen LogP contribution in [-0.4, -0.2) is 34.7 Å². The van der Waals surface area contributed by atoms with Gasteiger partial charge in [0.05, 0.1) is 12.9 Å². The van der Waals surface area contributed by atoms with Crippen LogP contribution in [0.15, 0.2) is 32.9 Å². The van der Waals surface area contributed by atoms with E-state index in [-0.39, 0.29) is 5.91 Å². The zero-order valence-electron chi connectivity index (χ0n) is 12.4. The first-order valence-corrected chi connectivity index (χ1v) is 9.48. The summed E-state index contributed by atoms with van der Waals surface area (Å²) >= 11 is 4.61. The van der Waals surface area contributed by atoms with Gasteiger partial charge in [0.1, 0.15) is 5.75 Å². The van der Waals surface area contributed by atoms with Gasteiger partial charge in [0.15, 0.2) is 8.68 Å². The van der Waals surface area contributed by atoms with Gasteiger partial charge in [-0.3, -0.25) is 4.79 Å². The molecule has 2 aromatic rings. The van der Waals surface area contributed by atoms with Gasteiger partial charge < -0.3 is 10.1 Å². The van der Waals surface area contributed by atoms with Crippen molar-refractivity contribution in [2.75, 3.05) is 18.6 Å². The number of hydrogen-bond acceptors (Lipinski definition) is 7. The van der Waals surface area contributed by atoms with Crippen LogP contribution in [0.3, 0.4) is 0 Å². The van der Waals surface area contributed by atoms with Crippen LogP contribution in [0.2, 0.25) is 0 Å². The smallest absolute Gasteiger partial charge is 0.230 e. The van der Waals surface area contributed by atoms with Crippen molar-refractivity contribution in [2.45, 2.75) is 22.1 Å². The van der Waals surface area contributed by atoms with Crippen molar-refractivity contribution in [1.82, 2.24) is 15.5 Å². The molecule has 0 aliphatic rings. The normalized spacial score (nSPS) is 10.5. The minimum atomic E-state index is -0.0132. The summed E-state index contributed by atoms with van der Waals surface area (Å²) in [5, 5.41) is 11.0. The number of carbonyl (C=O) groups is 1. The van der Waals surface area contributed by atoms with E-state index in [1.54, 1.807) is 18.9 Å². The zero-order valence-corrected chi connectivity index (χ0v) is 14.8. The van der Waals surface area contributed by atoms with Crippen LogP contribution in [0.25, 0.3) is 0 Å². The third-order valence-corrected chi connectivity index (χ3v) is 5.70. The topological polar surface area (TPSA) is 64.1 Å². The lowest BCUT2D eigenvalue weighted by atomic mass is 10.2. The lowest BCUT2D eigenvalue weighted by Gasteiger charge is -2.05. The highest BCUT2D eigenvalue weighted by Gasteiger charge is 2.08. The summed E-state index contributed by atoms with van der Waals surface area (Å²) in [6.45, 7) is 2.59. The van der Waals surface area contributed by atoms with Crippen molar-refractivity contribution in [3.8, 4) is 5.75 Å². The van der Waals surface area contributed by atoms with Gasteiger partial charge in [-0.2, -0.15) is 0 Å². The summed E-state index contributed by atoms with van der Waals surface area (Å²) in [5.74, 6) is 2.12. The zero-order chi connectivity index (χ0) is 15.8. The summed E-state index contributed by atoms with van der Waals surface area (Å²) in [7, 11) is 1.63. The van der Waals surface area contributed by atoms with E-state index in [1.165, 1.54) is 23.1 Å². The second-order valence-corrected chi connectivity index (χ2v) is 7.89. The number of nitrogens with one attached hydrogen (secondary N) is 1. The van der Waals surface area contributed by atoms with E-state index in [4.69, 9.17) is 4.74 Å². The fourth-order valence-electron chi connectivity index (χ4n) is 1.56. The third kappa shape index (κ3) is 5.51. The lowest BCUT2D eigenvalue weighted by Crippen LogP contribution is -2.24. The molecule has 0 unspecified atom stereocenters. The number of thioether (sulfide) groups is 2. The number of benzene rings is 1. The fraction of sp³-hybridized carbons (Fsp3) is 0.357. The minimum Gasteiger partial charge on any atom is -0.497 e. The van der Waals surface area contributed by atoms with Crippen molar-refractivity contribution in [3.05, 3.63) is 29.8 Å². The molecule has 118 valence electrons. The Balaban J connectivity index is 1.72. The summed E-state index contributed by atoms with van der Waals surface area (Å²) in [6.07, 6.45) is 0. The maximum Gasteiger partial charge on any atom is 0.230 e. The molecule has 2 rings (SSSR count). The maximum absolute atomic E-state index is 11.8. The van der Waals surface area contributed by atoms with Gasteiger partial charge in [-0.25, -0.2) is 0 Å². The highest BCUT2D eigenvalue weighted by Crippen LogP contribution is 2.28. The Morgan fingerprint density at radius 1 is 1.23 bits per heavy atom. The number of ether oxygens (including phenoxy) is 1. The van der Waals surface area contributed by atoms with Crippen molar-refractivity contribution in [3.63, 3.8) is 0 Å². The Bertz CT molecular complexity index is 602. The first kappa shape index (κ1) is 17.1. The van der Waals surface area contributed by atoms with Crippen molar-refractivity contribution in [2.24, 2.45) is 0 Å². The predicted octanol–water partition coefficient (Wildman–Crippen LogP) is 3.07. The fourth-order valence-corrected chi connectivity index (χ4v) is 4.31. The Kier molecular flexibility index (Phi) is 7.01. The molecule has 5 nitrogen and oxygen atoms in total. The van der Waals surface area contributed by atoms with Gasteiger partial charge in [0, 0.05) is 6.54 Å². The molecule has 8 heteroatoms. The van der Waals surface area contributed by atoms with Crippen LogP contribution < -0.4 is 10.1 Å². The number of hydrogen-bond donors (Lipinski definition) is 1. The van der Waals surface area contributed by atoms with E-state index < -0.39 is 0 Å². The molecule has 0 saturated heterocycles. The SMILES string of the molecule is CCSc1nnc(SCC(=O)NCc2ccc(OC)cc2)s1. The molecule has 1 N–H and O–H groups in total. The molecule has 0 bridgehead atoms. The number of amides is 1. The largest absolute Gasteiger partial charge is 0.497 e. The average molecular weight is 356 g/mol. The summed E-state index contributed by atoms with van der Waals surface area (Å²) in [5.41, 5.74) is 1.04. The van der Waals surface area contributed by atoms with Gasteiger partial charge in [-0.05, 0) is 23.4 Å². The second-order valence-electron chi connectivity index (χ2n) is 4.18. The van der Waals surface area contributed by atoms with E-state index in [2.05, 4.69) is 22.4 Å². The van der Waals surface area contributed by atoms with E-state index in [9.17, 15) is 4.79 Å². The van der Waals surface area contributed by atoms with Gasteiger partial charge in [0.2, 0.25) is 5.91 Å². The molecular weight excluding hydrogens is 338 g/mol. The highest BCUT2D eigenvalue weighted by molar-refractivity contribution is 8.03. The monoisotopic (exact) mass is 355 g/mol. The molecule has 0 radical (unpaired) electrons. The Labute approximate surface area is 142 Å². The average Bonchev–Trinajstić information content (AvgIpc) is 2.99. The molecule has 22 heavy (non-hydrogen) atoms. The van der Waals surface area contributed by atoms with Crippen LogP contribution in [-0.2, 0) is 11.3 Å². The number of rotatable bonds is 8. The molecule has 1 aromatic heterocycles. The number of aromatic nitrogens is 2. The summed E-state index contributed by atoms with van der Waals surface area (Å²) in [4.78, 5) is 11.8. The van der Waals surface area contributed by atoms with Crippen LogP contribution in [0.4, 0.5) is 0 Å². The summed E-state index contributed by atoms with van der Waals surface area (Å²) in [6, 6.07) is 7.63. The van der Waals surface area contributed by atoms with Gasteiger partial charge in [0.25, 0.3) is 0 Å². The lowest BCUT2D eigenvalue weighted by molar-refractivity contribution is -0.118. The molecule has 0 aliphatic carbocycles. The molecule has 0 spiro atoms. The Morgan fingerprint density at radius 2 is 1.91 bits per heavy atom. The Morgan fingerprint density at radius 3 is 2.55 bits per heavy atom. The molecule has 1 heterocycles. The standard InChI is InChI=1S/C14H17N3O2S3/c1-3-20-13-16-17-14(22-13)21-9-12(18)15-8-10-4-6-11(19-2)7-5-10/h4-7H,3,8-9H2,1-2H3,(H,15,18). The molecule has 0 fully saturated rings. The van der Waals surface area contributed by atoms with Gasteiger partial charge in [-0.15, -0.1) is 10.2 Å². The number of nitrogens with zero attached hydrogens (tertiary/aromatic N) is 2. The molecule has 0 atom stereocenters. The first-order chi connectivity index (χ1) is 10.7. The summed E-state index contributed by atoms with van der Waals surface area (Å²) < 4.78 is 6.87. The molecule has 0 aliphatic heterocycles. The van der Waals surface area contributed by atoms with Crippen LogP contribution in [0.1, 0.15) is 12.5 Å². The van der Waals surface area contributed by atoms with Gasteiger partial charge >= 0.3 is 0 Å². The van der Waals surface area contributed by atoms with Gasteiger partial charge in [-0.1, -0.05) is 53.9 Å². The predicted molar refractivity (Wildman–Crippen MR) is 91.9 cm³/mol. The van der Waals surface area contributed by atoms with E-state index in [0.29, 0.717) is 12.3 Å². The van der Waals surface area contributed by atoms with E-state index in [0.717, 1.165) is 25.7 Å². The maximum atomic E-state index is 11.8. The van der Waals surface area contributed by atoms with Crippen LogP contribution in [0.5, 0.6) is 5.75 Å². The molecular formula is C14H17N3O2S3. The molecule has 1 aromatic carbocycles. The number of carbonyl (C=O) groups excluding carboxylic acids is 1. The van der Waals surface area contributed by atoms with Crippen molar-refractivity contribution in [1.29, 1.82) is 0 Å².